The quantitative estimate of drug-likeness (QED) is 0.703. The van der Waals surface area contributed by atoms with E-state index in [1.165, 1.54) is 0 Å². The highest BCUT2D eigenvalue weighted by Crippen LogP contribution is 2.24. The van der Waals surface area contributed by atoms with E-state index in [0.717, 1.165) is 24.8 Å². The molecule has 0 fully saturated rings. The maximum Gasteiger partial charge on any atom is 0.122 e. The van der Waals surface area contributed by atoms with Crippen molar-refractivity contribution in [3.05, 3.63) is 23.8 Å². The van der Waals surface area contributed by atoms with Crippen molar-refractivity contribution < 1.29 is 9.84 Å². The smallest absolute Gasteiger partial charge is 0.122 e. The van der Waals surface area contributed by atoms with Gasteiger partial charge in [-0.25, -0.2) is 0 Å². The molecule has 0 amide bonds. The lowest BCUT2D eigenvalue weighted by atomic mass is 10.1. The summed E-state index contributed by atoms with van der Waals surface area (Å²) in [5, 5.41) is 9.61. The average molecular weight is 195 g/mol. The predicted octanol–water partition coefficient (Wildman–Crippen LogP) is 1.68. The Labute approximate surface area is 84.5 Å². The summed E-state index contributed by atoms with van der Waals surface area (Å²) in [4.78, 5) is 0. The number of ether oxygens (including phenoxy) is 1. The second-order valence-corrected chi connectivity index (χ2v) is 3.24. The summed E-state index contributed by atoms with van der Waals surface area (Å²) in [6.07, 6.45) is 2.87. The Morgan fingerprint density at radius 1 is 1.36 bits per heavy atom. The van der Waals surface area contributed by atoms with E-state index in [1.807, 2.05) is 12.1 Å². The number of aromatic hydroxyl groups is 1. The van der Waals surface area contributed by atoms with Gasteiger partial charge in [0, 0.05) is 6.07 Å². The molecule has 1 rings (SSSR count). The Hall–Kier alpha value is -1.22. The summed E-state index contributed by atoms with van der Waals surface area (Å²) in [6, 6.07) is 5.39. The Balaban J connectivity index is 2.59. The van der Waals surface area contributed by atoms with Crippen LogP contribution in [0.4, 0.5) is 0 Å². The number of methoxy groups -OCH3 is 1. The third-order valence-corrected chi connectivity index (χ3v) is 2.19. The van der Waals surface area contributed by atoms with Gasteiger partial charge in [0.15, 0.2) is 0 Å². The van der Waals surface area contributed by atoms with E-state index in [2.05, 4.69) is 0 Å². The maximum absolute atomic E-state index is 9.61. The number of benzene rings is 1. The topological polar surface area (TPSA) is 55.5 Å². The number of aryl methyl sites for hydroxylation is 1. The lowest BCUT2D eigenvalue weighted by molar-refractivity contribution is 0.406. The minimum absolute atomic E-state index is 0.307. The zero-order chi connectivity index (χ0) is 10.4. The van der Waals surface area contributed by atoms with Crippen LogP contribution in [0, 0.1) is 0 Å². The van der Waals surface area contributed by atoms with Crippen LogP contribution in [0.3, 0.4) is 0 Å². The molecule has 0 spiro atoms. The molecule has 0 aliphatic carbocycles. The lowest BCUT2D eigenvalue weighted by Gasteiger charge is -2.06. The fraction of sp³-hybridized carbons (Fsp3) is 0.455. The van der Waals surface area contributed by atoms with Gasteiger partial charge >= 0.3 is 0 Å². The molecule has 0 heterocycles. The molecule has 14 heavy (non-hydrogen) atoms. The van der Waals surface area contributed by atoms with Gasteiger partial charge in [-0.3, -0.25) is 0 Å². The van der Waals surface area contributed by atoms with Crippen molar-refractivity contribution in [2.24, 2.45) is 5.73 Å². The monoisotopic (exact) mass is 195 g/mol. The highest BCUT2D eigenvalue weighted by atomic mass is 16.5. The van der Waals surface area contributed by atoms with Crippen molar-refractivity contribution >= 4 is 0 Å². The minimum atomic E-state index is 0.307. The van der Waals surface area contributed by atoms with E-state index < -0.39 is 0 Å². The third kappa shape index (κ3) is 2.92. The molecule has 0 unspecified atom stereocenters. The van der Waals surface area contributed by atoms with Crippen LogP contribution in [0.1, 0.15) is 18.4 Å². The van der Waals surface area contributed by atoms with E-state index >= 15 is 0 Å². The number of phenolic OH excluding ortho intramolecular Hbond substituents is 1. The van der Waals surface area contributed by atoms with Crippen molar-refractivity contribution in [2.75, 3.05) is 13.7 Å². The fourth-order valence-electron chi connectivity index (χ4n) is 1.34. The Morgan fingerprint density at radius 2 is 2.14 bits per heavy atom. The van der Waals surface area contributed by atoms with Crippen molar-refractivity contribution in [3.8, 4) is 11.5 Å². The molecule has 0 aliphatic heterocycles. The number of rotatable bonds is 5. The highest BCUT2D eigenvalue weighted by molar-refractivity contribution is 5.39. The first kappa shape index (κ1) is 10.9. The van der Waals surface area contributed by atoms with Crippen LogP contribution in [0.2, 0.25) is 0 Å². The zero-order valence-electron chi connectivity index (χ0n) is 8.49. The van der Waals surface area contributed by atoms with Gasteiger partial charge in [-0.05, 0) is 37.4 Å². The zero-order valence-corrected chi connectivity index (χ0v) is 8.49. The Kier molecular flexibility index (Phi) is 4.26. The van der Waals surface area contributed by atoms with Gasteiger partial charge in [-0.2, -0.15) is 0 Å². The summed E-state index contributed by atoms with van der Waals surface area (Å²) in [6.45, 7) is 0.705. The number of unbranched alkanes of at least 4 members (excludes halogenated alkanes) is 1. The Morgan fingerprint density at radius 3 is 2.71 bits per heavy atom. The van der Waals surface area contributed by atoms with Gasteiger partial charge in [0.05, 0.1) is 7.11 Å². The molecule has 1 aromatic rings. The maximum atomic E-state index is 9.61. The number of nitrogens with two attached hydrogens (primary N) is 1. The lowest BCUT2D eigenvalue weighted by Crippen LogP contribution is -1.99. The molecule has 0 aromatic heterocycles. The largest absolute Gasteiger partial charge is 0.508 e. The molecule has 0 saturated carbocycles. The summed E-state index contributed by atoms with van der Waals surface area (Å²) >= 11 is 0. The van der Waals surface area contributed by atoms with Crippen LogP contribution in [0.15, 0.2) is 18.2 Å². The van der Waals surface area contributed by atoms with E-state index in [-0.39, 0.29) is 0 Å². The van der Waals surface area contributed by atoms with Crippen LogP contribution in [0.25, 0.3) is 0 Å². The van der Waals surface area contributed by atoms with Crippen LogP contribution in [0.5, 0.6) is 11.5 Å². The van der Waals surface area contributed by atoms with Crippen molar-refractivity contribution in [3.63, 3.8) is 0 Å². The number of hydrogen-bond donors (Lipinski definition) is 2. The molecule has 0 atom stereocenters. The number of phenols is 1. The van der Waals surface area contributed by atoms with E-state index in [1.54, 1.807) is 13.2 Å². The highest BCUT2D eigenvalue weighted by Gasteiger charge is 2.02. The van der Waals surface area contributed by atoms with E-state index in [4.69, 9.17) is 10.5 Å². The fourth-order valence-corrected chi connectivity index (χ4v) is 1.34. The standard InChI is InChI=1S/C11H17NO2/c1-14-10-6-5-9(11(13)8-10)4-2-3-7-12/h5-6,8,13H,2-4,7,12H2,1H3. The first-order valence-corrected chi connectivity index (χ1v) is 4.84. The van der Waals surface area contributed by atoms with Gasteiger partial charge in [0.2, 0.25) is 0 Å². The average Bonchev–Trinajstić information content (AvgIpc) is 2.20. The SMILES string of the molecule is COc1ccc(CCCCN)c(O)c1. The molecule has 1 aromatic carbocycles. The van der Waals surface area contributed by atoms with Gasteiger partial charge in [-0.15, -0.1) is 0 Å². The van der Waals surface area contributed by atoms with Gasteiger partial charge < -0.3 is 15.6 Å². The molecule has 3 nitrogen and oxygen atoms in total. The molecular weight excluding hydrogens is 178 g/mol. The second kappa shape index (κ2) is 5.50. The summed E-state index contributed by atoms with van der Waals surface area (Å²) in [5.41, 5.74) is 6.35. The molecule has 0 saturated heterocycles. The van der Waals surface area contributed by atoms with Crippen LogP contribution >= 0.6 is 0 Å². The molecule has 3 heteroatoms. The van der Waals surface area contributed by atoms with Crippen molar-refractivity contribution in [1.82, 2.24) is 0 Å². The second-order valence-electron chi connectivity index (χ2n) is 3.24. The normalized spacial score (nSPS) is 10.1. The molecule has 3 N–H and O–H groups in total. The molecule has 0 aliphatic rings. The molecule has 0 bridgehead atoms. The summed E-state index contributed by atoms with van der Waals surface area (Å²) in [5.74, 6) is 0.992. The van der Waals surface area contributed by atoms with Crippen LogP contribution in [-0.2, 0) is 6.42 Å². The predicted molar refractivity (Wildman–Crippen MR) is 56.7 cm³/mol. The Bertz CT molecular complexity index is 287. The molecule has 0 radical (unpaired) electrons. The van der Waals surface area contributed by atoms with Crippen LogP contribution in [-0.4, -0.2) is 18.8 Å². The van der Waals surface area contributed by atoms with E-state index in [9.17, 15) is 5.11 Å². The van der Waals surface area contributed by atoms with Gasteiger partial charge in [-0.1, -0.05) is 6.07 Å². The molecular formula is C11H17NO2. The minimum Gasteiger partial charge on any atom is -0.508 e. The molecule has 78 valence electrons. The van der Waals surface area contributed by atoms with Crippen LogP contribution < -0.4 is 10.5 Å². The van der Waals surface area contributed by atoms with Crippen molar-refractivity contribution in [2.45, 2.75) is 19.3 Å². The van der Waals surface area contributed by atoms with Crippen molar-refractivity contribution in [1.29, 1.82) is 0 Å². The summed E-state index contributed by atoms with van der Waals surface area (Å²) in [7, 11) is 1.59. The van der Waals surface area contributed by atoms with Gasteiger partial charge in [0.1, 0.15) is 11.5 Å². The first-order valence-electron chi connectivity index (χ1n) is 4.84. The van der Waals surface area contributed by atoms with E-state index in [0.29, 0.717) is 18.0 Å². The third-order valence-electron chi connectivity index (χ3n) is 2.19. The summed E-state index contributed by atoms with van der Waals surface area (Å²) < 4.78 is 5.00. The first-order chi connectivity index (χ1) is 6.77. The number of hydrogen-bond acceptors (Lipinski definition) is 3. The van der Waals surface area contributed by atoms with Gasteiger partial charge in [0.25, 0.3) is 0 Å².